The molecule has 2 bridgehead atoms. The van der Waals surface area contributed by atoms with Crippen molar-refractivity contribution in [3.8, 4) is 0 Å². The van der Waals surface area contributed by atoms with Crippen LogP contribution in [0.15, 0.2) is 41.3 Å². The molecular weight excluding hydrogens is 300 g/mol. The maximum atomic E-state index is 2.51. The minimum Gasteiger partial charge on any atom is -0.325 e. The van der Waals surface area contributed by atoms with Crippen LogP contribution in [0.3, 0.4) is 0 Å². The van der Waals surface area contributed by atoms with Crippen LogP contribution in [0.25, 0.3) is 0 Å². The molecule has 0 unspecified atom stereocenters. The first-order chi connectivity index (χ1) is 11.3. The summed E-state index contributed by atoms with van der Waals surface area (Å²) in [5, 5.41) is 0. The Balaban J connectivity index is 1.23. The molecule has 0 amide bonds. The zero-order valence-corrected chi connectivity index (χ0v) is 15.1. The van der Waals surface area contributed by atoms with E-state index < -0.39 is 0 Å². The number of benzene rings is 1. The van der Waals surface area contributed by atoms with Gasteiger partial charge in [-0.25, -0.2) is 0 Å². The monoisotopic (exact) mass is 330 g/mol. The number of rotatable bonds is 5. The predicted octanol–water partition coefficient (Wildman–Crippen LogP) is 0.904. The summed E-state index contributed by atoms with van der Waals surface area (Å²) in [6.45, 7) is 8.07. The number of quaternary nitrogens is 2. The Morgan fingerprint density at radius 1 is 0.957 bits per heavy atom. The lowest BCUT2D eigenvalue weighted by Crippen LogP contribution is -3.27. The quantitative estimate of drug-likeness (QED) is 0.602. The van der Waals surface area contributed by atoms with E-state index in [9.17, 15) is 0 Å². The van der Waals surface area contributed by atoms with Gasteiger partial charge in [-0.2, -0.15) is 0 Å². The number of allylic oxidation sites excluding steroid dienone is 2. The molecule has 1 saturated heterocycles. The smallest absolute Gasteiger partial charge is 0.127 e. The standard InChI is InChI=1S/C20H28N2S/c1-23-20-6-3-16(4-7-20)14-21-8-10-22(11-9-21)15-19-13-17-2-5-18(19)12-17/h2-7,17-19H,8-15H2,1H3/p+2/t17-,18-,19+/m0/s1. The van der Waals surface area contributed by atoms with E-state index in [4.69, 9.17) is 0 Å². The van der Waals surface area contributed by atoms with Crippen LogP contribution in [-0.2, 0) is 6.54 Å². The molecule has 124 valence electrons. The van der Waals surface area contributed by atoms with Crippen LogP contribution in [0.5, 0.6) is 0 Å². The second-order valence-corrected chi connectivity index (χ2v) is 8.65. The van der Waals surface area contributed by atoms with Gasteiger partial charge in [-0.15, -0.1) is 11.8 Å². The second-order valence-electron chi connectivity index (χ2n) is 7.77. The highest BCUT2D eigenvalue weighted by atomic mass is 32.2. The largest absolute Gasteiger partial charge is 0.325 e. The van der Waals surface area contributed by atoms with Crippen molar-refractivity contribution < 1.29 is 9.80 Å². The van der Waals surface area contributed by atoms with Crippen molar-refractivity contribution in [3.63, 3.8) is 0 Å². The molecule has 2 N–H and O–H groups in total. The van der Waals surface area contributed by atoms with Gasteiger partial charge >= 0.3 is 0 Å². The molecule has 4 rings (SSSR count). The Labute approximate surface area is 144 Å². The van der Waals surface area contributed by atoms with Crippen molar-refractivity contribution in [1.29, 1.82) is 0 Å². The first-order valence-corrected chi connectivity index (χ1v) is 10.5. The topological polar surface area (TPSA) is 8.88 Å². The highest BCUT2D eigenvalue weighted by Crippen LogP contribution is 2.42. The molecule has 3 atom stereocenters. The summed E-state index contributed by atoms with van der Waals surface area (Å²) in [4.78, 5) is 5.02. The molecule has 1 saturated carbocycles. The lowest BCUT2D eigenvalue weighted by Gasteiger charge is -2.32. The van der Waals surface area contributed by atoms with Crippen molar-refractivity contribution in [2.75, 3.05) is 39.0 Å². The van der Waals surface area contributed by atoms with Gasteiger partial charge in [0.25, 0.3) is 0 Å². The van der Waals surface area contributed by atoms with Gasteiger partial charge in [-0.1, -0.05) is 24.3 Å². The molecule has 2 fully saturated rings. The molecule has 23 heavy (non-hydrogen) atoms. The minimum atomic E-state index is 0.924. The van der Waals surface area contributed by atoms with Gasteiger partial charge in [0.2, 0.25) is 0 Å². The van der Waals surface area contributed by atoms with E-state index in [-0.39, 0.29) is 0 Å². The van der Waals surface area contributed by atoms with Crippen molar-refractivity contribution in [1.82, 2.24) is 0 Å². The highest BCUT2D eigenvalue weighted by Gasteiger charge is 2.38. The summed E-state index contributed by atoms with van der Waals surface area (Å²) in [5.41, 5.74) is 1.50. The van der Waals surface area contributed by atoms with Crippen molar-refractivity contribution >= 4 is 11.8 Å². The average Bonchev–Trinajstić information content (AvgIpc) is 3.20. The molecule has 1 aromatic rings. The average molecular weight is 331 g/mol. The third-order valence-electron chi connectivity index (χ3n) is 6.24. The predicted molar refractivity (Wildman–Crippen MR) is 97.0 cm³/mol. The van der Waals surface area contributed by atoms with E-state index in [1.54, 1.807) is 4.90 Å². The Hall–Kier alpha value is -0.770. The lowest BCUT2D eigenvalue weighted by molar-refractivity contribution is -1.02. The molecule has 3 heteroatoms. The van der Waals surface area contributed by atoms with E-state index in [1.165, 1.54) is 62.6 Å². The Morgan fingerprint density at radius 3 is 2.30 bits per heavy atom. The van der Waals surface area contributed by atoms with Gasteiger partial charge in [0.15, 0.2) is 0 Å². The van der Waals surface area contributed by atoms with Gasteiger partial charge < -0.3 is 9.80 Å². The van der Waals surface area contributed by atoms with Gasteiger partial charge in [0.1, 0.15) is 32.7 Å². The van der Waals surface area contributed by atoms with Gasteiger partial charge in [0, 0.05) is 16.4 Å². The van der Waals surface area contributed by atoms with Gasteiger partial charge in [-0.05, 0) is 43.1 Å². The normalized spacial score (nSPS) is 35.8. The number of hydrogen-bond acceptors (Lipinski definition) is 1. The molecule has 1 heterocycles. The number of fused-ring (bicyclic) bond motifs is 2. The van der Waals surface area contributed by atoms with Crippen molar-refractivity contribution in [3.05, 3.63) is 42.0 Å². The molecule has 2 nitrogen and oxygen atoms in total. The fraction of sp³-hybridized carbons (Fsp3) is 0.600. The van der Waals surface area contributed by atoms with Crippen molar-refractivity contribution in [2.24, 2.45) is 17.8 Å². The van der Waals surface area contributed by atoms with Crippen molar-refractivity contribution in [2.45, 2.75) is 24.3 Å². The first-order valence-electron chi connectivity index (χ1n) is 9.28. The lowest BCUT2D eigenvalue weighted by atomic mass is 9.93. The maximum absolute atomic E-state index is 2.51. The van der Waals surface area contributed by atoms with Crippen LogP contribution in [-0.4, -0.2) is 39.0 Å². The highest BCUT2D eigenvalue weighted by molar-refractivity contribution is 7.98. The summed E-state index contributed by atoms with van der Waals surface area (Å²) < 4.78 is 0. The number of piperazine rings is 1. The summed E-state index contributed by atoms with van der Waals surface area (Å²) >= 11 is 1.83. The fourth-order valence-corrected chi connectivity index (χ4v) is 5.28. The van der Waals surface area contributed by atoms with E-state index in [2.05, 4.69) is 42.7 Å². The van der Waals surface area contributed by atoms with Gasteiger partial charge in [0.05, 0.1) is 6.54 Å². The van der Waals surface area contributed by atoms with Crippen LogP contribution in [0.4, 0.5) is 0 Å². The SMILES string of the molecule is CSc1ccc(C[NH+]2CC[NH+](C[C@H]3C[C@H]4C=C[C@H]3C4)CC2)cc1. The first kappa shape index (κ1) is 15.7. The maximum Gasteiger partial charge on any atom is 0.127 e. The summed E-state index contributed by atoms with van der Waals surface area (Å²) in [6, 6.07) is 9.17. The third kappa shape index (κ3) is 3.67. The molecule has 1 aliphatic heterocycles. The molecule has 0 radical (unpaired) electrons. The second kappa shape index (κ2) is 7.00. The van der Waals surface area contributed by atoms with Crippen LogP contribution in [0.1, 0.15) is 18.4 Å². The molecule has 2 aliphatic carbocycles. The number of thioether (sulfide) groups is 1. The zero-order chi connectivity index (χ0) is 15.6. The molecular formula is C20H30N2S+2. The van der Waals surface area contributed by atoms with E-state index >= 15 is 0 Å². The van der Waals surface area contributed by atoms with Gasteiger partial charge in [-0.3, -0.25) is 0 Å². The van der Waals surface area contributed by atoms with E-state index in [0.717, 1.165) is 17.8 Å². The van der Waals surface area contributed by atoms with Crippen LogP contribution in [0, 0.1) is 17.8 Å². The van der Waals surface area contributed by atoms with Crippen LogP contribution < -0.4 is 9.80 Å². The summed E-state index contributed by atoms with van der Waals surface area (Å²) in [5.74, 6) is 2.84. The Morgan fingerprint density at radius 2 is 1.70 bits per heavy atom. The van der Waals surface area contributed by atoms with Crippen LogP contribution in [0.2, 0.25) is 0 Å². The van der Waals surface area contributed by atoms with E-state index in [0.29, 0.717) is 0 Å². The summed E-state index contributed by atoms with van der Waals surface area (Å²) in [7, 11) is 0. The fourth-order valence-electron chi connectivity index (χ4n) is 4.87. The molecule has 1 aromatic carbocycles. The summed E-state index contributed by atoms with van der Waals surface area (Å²) in [6.07, 6.45) is 10.1. The number of nitrogens with one attached hydrogen (secondary N) is 2. The third-order valence-corrected chi connectivity index (χ3v) is 6.99. The zero-order valence-electron chi connectivity index (χ0n) is 14.3. The molecule has 0 aromatic heterocycles. The Kier molecular flexibility index (Phi) is 4.79. The Bertz CT molecular complexity index is 545. The molecule has 0 spiro atoms. The van der Waals surface area contributed by atoms with E-state index in [1.807, 2.05) is 16.7 Å². The minimum absolute atomic E-state index is 0.924. The number of hydrogen-bond donors (Lipinski definition) is 2. The van der Waals surface area contributed by atoms with Crippen LogP contribution >= 0.6 is 11.8 Å². The molecule has 3 aliphatic rings.